The van der Waals surface area contributed by atoms with E-state index in [1.54, 1.807) is 0 Å². The van der Waals surface area contributed by atoms with Crippen molar-refractivity contribution in [2.75, 3.05) is 11.5 Å². The van der Waals surface area contributed by atoms with Gasteiger partial charge in [-0.3, -0.25) is 18.0 Å². The molecule has 4 aliphatic carbocycles. The van der Waals surface area contributed by atoms with E-state index in [0.717, 1.165) is 0 Å². The van der Waals surface area contributed by atoms with Gasteiger partial charge in [-0.15, -0.1) is 0 Å². The first-order valence-corrected chi connectivity index (χ1v) is 33.5. The van der Waals surface area contributed by atoms with Crippen LogP contribution in [0.3, 0.4) is 0 Å². The second kappa shape index (κ2) is 25.4. The third-order valence-electron chi connectivity index (χ3n) is 14.4. The monoisotopic (exact) mass is 1200 g/mol. The first kappa shape index (κ1) is 60.7. The normalized spacial score (nSPS) is 25.8. The number of rotatable bonds is 12. The van der Waals surface area contributed by atoms with E-state index in [1.165, 1.54) is 40.5 Å². The Morgan fingerprint density at radius 1 is 0.468 bits per heavy atom. The fourth-order valence-corrected chi connectivity index (χ4v) is 19.8. The Bertz CT molecular complexity index is 3210. The van der Waals surface area contributed by atoms with E-state index in [1.807, 2.05) is 0 Å². The van der Waals surface area contributed by atoms with Crippen LogP contribution in [0.25, 0.3) is 0 Å². The Morgan fingerprint density at radius 2 is 0.734 bits per heavy atom. The zero-order chi connectivity index (χ0) is 55.6. The number of carbonyl (C=O) groups is 2. The molecule has 0 radical (unpaired) electrons. The SMILES string of the molecule is Cc1ccc([S+](c2ccccc2)c2ccccc2)cc1.Cc1ccc([S+](c2ccccc2)c2ccccc2)cc1.O=C(CS(=O)(=O)[O-])OC1C2CC3C1OS(=O)(=O)C3C2.O=C(CS(=O)(=O)[O-])OC1C2CC3C1OS(=O)(=O)C3C2.[Na+]. The summed E-state index contributed by atoms with van der Waals surface area (Å²) < 4.78 is 129. The van der Waals surface area contributed by atoms with Crippen LogP contribution in [-0.2, 0) is 89.7 Å². The molecule has 12 rings (SSSR count). The van der Waals surface area contributed by atoms with Gasteiger partial charge in [0.15, 0.2) is 29.4 Å². The van der Waals surface area contributed by atoms with Crippen molar-refractivity contribution in [2.45, 2.75) is 104 Å². The molecule has 0 N–H and O–H groups in total. The molecule has 10 atom stereocenters. The predicted molar refractivity (Wildman–Crippen MR) is 289 cm³/mol. The second-order valence-electron chi connectivity index (χ2n) is 19.8. The van der Waals surface area contributed by atoms with Crippen LogP contribution < -0.4 is 29.6 Å². The summed E-state index contributed by atoms with van der Waals surface area (Å²) in [6.07, 6.45) is -1.13. The zero-order valence-corrected chi connectivity index (χ0v) is 50.1. The molecule has 412 valence electrons. The minimum atomic E-state index is -4.70. The number of fused-ring (bicyclic) bond motifs is 2. The summed E-state index contributed by atoms with van der Waals surface area (Å²) in [5.74, 6) is -5.48. The van der Waals surface area contributed by atoms with Crippen LogP contribution in [0.2, 0.25) is 0 Å². The Balaban J connectivity index is 0.000000138. The van der Waals surface area contributed by atoms with Crippen molar-refractivity contribution in [3.05, 3.63) is 181 Å². The number of hydrogen-bond acceptors (Lipinski definition) is 16. The molecule has 0 amide bonds. The number of carbonyl (C=O) groups excluding carboxylic acids is 2. The van der Waals surface area contributed by atoms with Crippen LogP contribution in [-0.4, -0.2) is 101 Å². The van der Waals surface area contributed by atoms with Gasteiger partial charge in [-0.1, -0.05) is 108 Å². The summed E-state index contributed by atoms with van der Waals surface area (Å²) >= 11 is 0. The Labute approximate surface area is 489 Å². The van der Waals surface area contributed by atoms with Crippen LogP contribution in [0.15, 0.2) is 199 Å². The van der Waals surface area contributed by atoms with Crippen molar-refractivity contribution in [1.82, 2.24) is 0 Å². The van der Waals surface area contributed by atoms with E-state index >= 15 is 0 Å². The molecule has 23 heteroatoms. The molecule has 2 aliphatic heterocycles. The average molecular weight is 1200 g/mol. The van der Waals surface area contributed by atoms with E-state index in [4.69, 9.17) is 17.8 Å². The van der Waals surface area contributed by atoms with E-state index in [9.17, 15) is 52.4 Å². The van der Waals surface area contributed by atoms with Gasteiger partial charge in [0, 0.05) is 23.7 Å². The quantitative estimate of drug-likeness (QED) is 0.0543. The molecule has 2 saturated heterocycles. The van der Waals surface area contributed by atoms with Crippen LogP contribution in [0.4, 0.5) is 0 Å². The number of hydrogen-bond donors (Lipinski definition) is 0. The largest absolute Gasteiger partial charge is 1.00 e. The molecule has 16 nitrogen and oxygen atoms in total. The van der Waals surface area contributed by atoms with E-state index < -0.39 is 98.8 Å². The van der Waals surface area contributed by atoms with Crippen LogP contribution in [0, 0.1) is 37.5 Å². The summed E-state index contributed by atoms with van der Waals surface area (Å²) in [4.78, 5) is 30.8. The molecule has 0 spiro atoms. The Hall–Kier alpha value is -4.40. The van der Waals surface area contributed by atoms with Crippen molar-refractivity contribution >= 4 is 74.2 Å². The molecule has 6 fully saturated rings. The molecule has 4 saturated carbocycles. The van der Waals surface area contributed by atoms with Gasteiger partial charge >= 0.3 is 41.5 Å². The number of ether oxygens (including phenoxy) is 2. The van der Waals surface area contributed by atoms with Gasteiger partial charge in [-0.25, -0.2) is 16.8 Å². The molecular formula is C56H56NaO16S6+. The van der Waals surface area contributed by atoms with Crippen LogP contribution in [0.1, 0.15) is 36.8 Å². The first-order chi connectivity index (χ1) is 37.0. The van der Waals surface area contributed by atoms with Gasteiger partial charge in [0.05, 0.1) is 32.3 Å². The summed E-state index contributed by atoms with van der Waals surface area (Å²) in [5.41, 5.74) is 2.61. The third-order valence-corrected chi connectivity index (χ3v) is 23.6. The molecule has 6 aromatic rings. The average Bonchev–Trinajstić information content (AvgIpc) is 4.42. The van der Waals surface area contributed by atoms with E-state index in [2.05, 4.69) is 184 Å². The smallest absolute Gasteiger partial charge is 0.748 e. The summed E-state index contributed by atoms with van der Waals surface area (Å²) in [6.45, 7) is 4.26. The summed E-state index contributed by atoms with van der Waals surface area (Å²) in [5, 5.41) is -1.08. The predicted octanol–water partition coefficient (Wildman–Crippen LogP) is 4.35. The topological polar surface area (TPSA) is 254 Å². The van der Waals surface area contributed by atoms with E-state index in [-0.39, 0.29) is 75.0 Å². The standard InChI is InChI=1S/2C19H17S.2C9H12O8S2.Na/c2*1-16-12-14-19(15-13-16)20(17-8-4-2-5-9-17)18-10-6-3-7-11-18;2*10-7(3-18(11,12)13)16-8-4-1-5-6(2-4)19(14,15)17-9(5)8;/h2*2-15H,1H3;2*4-6,8-9H,1-3H2,(H,11,12,13);/q2*+1;;;+1/p-2. The van der Waals surface area contributed by atoms with Crippen LogP contribution >= 0.6 is 0 Å². The maximum atomic E-state index is 11.6. The van der Waals surface area contributed by atoms with Gasteiger partial charge in [-0.2, -0.15) is 16.8 Å². The zero-order valence-electron chi connectivity index (χ0n) is 43.2. The second-order valence-corrected chi connectivity index (χ2v) is 30.2. The maximum Gasteiger partial charge on any atom is 1.00 e. The molecular weight excluding hydrogens is 1140 g/mol. The number of aryl methyl sites for hydroxylation is 2. The third kappa shape index (κ3) is 14.8. The van der Waals surface area contributed by atoms with Crippen LogP contribution in [0.5, 0.6) is 0 Å². The molecule has 10 unspecified atom stereocenters. The first-order valence-electron chi connectivity index (χ1n) is 25.0. The number of esters is 2. The van der Waals surface area contributed by atoms with Gasteiger partial charge in [0.1, 0.15) is 56.2 Å². The minimum absolute atomic E-state index is 0. The van der Waals surface area contributed by atoms with Gasteiger partial charge in [0.2, 0.25) is 0 Å². The van der Waals surface area contributed by atoms with Crippen molar-refractivity contribution in [3.8, 4) is 0 Å². The molecule has 2 heterocycles. The van der Waals surface area contributed by atoms with Crippen molar-refractivity contribution in [3.63, 3.8) is 0 Å². The fourth-order valence-electron chi connectivity index (χ4n) is 11.1. The van der Waals surface area contributed by atoms with E-state index in [0.29, 0.717) is 25.7 Å². The van der Waals surface area contributed by atoms with Crippen molar-refractivity contribution in [1.29, 1.82) is 0 Å². The minimum Gasteiger partial charge on any atom is -0.748 e. The maximum absolute atomic E-state index is 11.6. The Kier molecular flexibility index (Phi) is 19.5. The molecule has 6 aliphatic rings. The van der Waals surface area contributed by atoms with Crippen molar-refractivity contribution in [2.24, 2.45) is 23.7 Å². The van der Waals surface area contributed by atoms with Gasteiger partial charge in [-0.05, 0) is 112 Å². The van der Waals surface area contributed by atoms with Gasteiger partial charge in [0.25, 0.3) is 20.2 Å². The molecule has 0 aromatic heterocycles. The fraction of sp³-hybridized carbons (Fsp3) is 0.321. The summed E-state index contributed by atoms with van der Waals surface area (Å²) in [6, 6.07) is 60.8. The van der Waals surface area contributed by atoms with Crippen molar-refractivity contribution < 1.29 is 99.8 Å². The number of benzene rings is 6. The van der Waals surface area contributed by atoms with Gasteiger partial charge < -0.3 is 18.6 Å². The molecule has 79 heavy (non-hydrogen) atoms. The summed E-state index contributed by atoms with van der Waals surface area (Å²) in [7, 11) is -16.7. The Morgan fingerprint density at radius 3 is 1.00 bits per heavy atom. The molecule has 4 bridgehead atoms. The molecule has 6 aromatic carbocycles.